The van der Waals surface area contributed by atoms with E-state index in [1.54, 1.807) is 0 Å². The van der Waals surface area contributed by atoms with Crippen LogP contribution in [0.1, 0.15) is 101 Å². The molecule has 8 rings (SSSR count). The predicted octanol–water partition coefficient (Wildman–Crippen LogP) is 12.4. The van der Waals surface area contributed by atoms with Gasteiger partial charge in [0.25, 0.3) is 0 Å². The SMILES string of the molecule is CC1(C)CCC(C)(C)c2cc(-c3cc4c(cc3N(c3ccccc3)c3ccc5c(c3)CCCC5)C(C)(C)c3ccccc3-4)ccc21. The minimum atomic E-state index is -0.0840. The number of rotatable bonds is 4. The van der Waals surface area contributed by atoms with Gasteiger partial charge >= 0.3 is 0 Å². The highest BCUT2D eigenvalue weighted by Crippen LogP contribution is 2.54. The largest absolute Gasteiger partial charge is 0.310 e. The minimum absolute atomic E-state index is 0.0840. The zero-order valence-electron chi connectivity index (χ0n) is 28.5. The second kappa shape index (κ2) is 10.5. The van der Waals surface area contributed by atoms with Crippen molar-refractivity contribution in [2.45, 2.75) is 96.3 Å². The van der Waals surface area contributed by atoms with Crippen molar-refractivity contribution in [2.24, 2.45) is 0 Å². The van der Waals surface area contributed by atoms with Gasteiger partial charge in [-0.05, 0) is 136 Å². The van der Waals surface area contributed by atoms with Crippen molar-refractivity contribution >= 4 is 17.1 Å². The quantitative estimate of drug-likeness (QED) is 0.198. The van der Waals surface area contributed by atoms with Crippen molar-refractivity contribution in [1.82, 2.24) is 0 Å². The number of benzene rings is 5. The Bertz CT molecular complexity index is 1970. The predicted molar refractivity (Wildman–Crippen MR) is 196 cm³/mol. The van der Waals surface area contributed by atoms with Crippen LogP contribution in [0.15, 0.2) is 103 Å². The van der Waals surface area contributed by atoms with Crippen molar-refractivity contribution in [2.75, 3.05) is 4.90 Å². The topological polar surface area (TPSA) is 3.24 Å². The van der Waals surface area contributed by atoms with Gasteiger partial charge in [0.15, 0.2) is 0 Å². The third-order valence-electron chi connectivity index (χ3n) is 11.7. The van der Waals surface area contributed by atoms with Crippen LogP contribution in [0.3, 0.4) is 0 Å². The monoisotopic (exact) mass is 601 g/mol. The smallest absolute Gasteiger partial charge is 0.0543 e. The van der Waals surface area contributed by atoms with Crippen molar-refractivity contribution in [3.8, 4) is 22.3 Å². The van der Waals surface area contributed by atoms with Crippen LogP contribution >= 0.6 is 0 Å². The molecule has 0 aliphatic heterocycles. The van der Waals surface area contributed by atoms with Crippen molar-refractivity contribution < 1.29 is 0 Å². The van der Waals surface area contributed by atoms with Gasteiger partial charge in [0.1, 0.15) is 0 Å². The molecule has 0 saturated carbocycles. The number of fused-ring (bicyclic) bond motifs is 5. The maximum atomic E-state index is 2.55. The molecular weight excluding hydrogens is 555 g/mol. The van der Waals surface area contributed by atoms with E-state index in [9.17, 15) is 0 Å². The van der Waals surface area contributed by atoms with Crippen LogP contribution in [0.25, 0.3) is 22.3 Å². The molecule has 5 aromatic carbocycles. The van der Waals surface area contributed by atoms with Crippen molar-refractivity contribution in [3.05, 3.63) is 137 Å². The second-order valence-corrected chi connectivity index (χ2v) is 15.9. The highest BCUT2D eigenvalue weighted by molar-refractivity contribution is 5.95. The first-order chi connectivity index (χ1) is 22.0. The van der Waals surface area contributed by atoms with E-state index in [2.05, 4.69) is 150 Å². The Balaban J connectivity index is 1.42. The van der Waals surface area contributed by atoms with Gasteiger partial charge in [-0.15, -0.1) is 0 Å². The molecule has 0 fully saturated rings. The minimum Gasteiger partial charge on any atom is -0.310 e. The number of hydrogen-bond acceptors (Lipinski definition) is 1. The molecule has 0 N–H and O–H groups in total. The molecule has 46 heavy (non-hydrogen) atoms. The molecule has 0 bridgehead atoms. The van der Waals surface area contributed by atoms with E-state index in [0.29, 0.717) is 0 Å². The van der Waals surface area contributed by atoms with Crippen LogP contribution in [-0.2, 0) is 29.1 Å². The molecule has 3 aliphatic carbocycles. The van der Waals surface area contributed by atoms with Crippen LogP contribution in [0, 0.1) is 0 Å². The molecule has 0 spiro atoms. The third kappa shape index (κ3) is 4.57. The Morgan fingerprint density at radius 1 is 0.478 bits per heavy atom. The lowest BCUT2D eigenvalue weighted by atomic mass is 9.63. The van der Waals surface area contributed by atoms with E-state index in [1.165, 1.54) is 111 Å². The third-order valence-corrected chi connectivity index (χ3v) is 11.7. The van der Waals surface area contributed by atoms with Crippen LogP contribution in [0.4, 0.5) is 17.1 Å². The number of anilines is 3. The van der Waals surface area contributed by atoms with E-state index < -0.39 is 0 Å². The average molecular weight is 602 g/mol. The normalized spacial score (nSPS) is 18.2. The maximum Gasteiger partial charge on any atom is 0.0543 e. The van der Waals surface area contributed by atoms with Gasteiger partial charge in [-0.25, -0.2) is 0 Å². The molecule has 0 heterocycles. The fraction of sp³-hybridized carbons (Fsp3) is 0.333. The summed E-state index contributed by atoms with van der Waals surface area (Å²) in [5.74, 6) is 0. The first kappa shape index (κ1) is 29.3. The maximum absolute atomic E-state index is 2.55. The van der Waals surface area contributed by atoms with Gasteiger partial charge in [0, 0.05) is 22.4 Å². The lowest BCUT2D eigenvalue weighted by Gasteiger charge is -2.42. The van der Waals surface area contributed by atoms with Gasteiger partial charge in [0.05, 0.1) is 5.69 Å². The lowest BCUT2D eigenvalue weighted by molar-refractivity contribution is 0.332. The van der Waals surface area contributed by atoms with Gasteiger partial charge in [-0.1, -0.05) is 108 Å². The van der Waals surface area contributed by atoms with Gasteiger partial charge in [0.2, 0.25) is 0 Å². The molecule has 0 atom stereocenters. The molecule has 3 aliphatic rings. The van der Waals surface area contributed by atoms with Gasteiger partial charge < -0.3 is 4.90 Å². The highest BCUT2D eigenvalue weighted by Gasteiger charge is 2.39. The number of hydrogen-bond donors (Lipinski definition) is 0. The molecule has 0 saturated heterocycles. The van der Waals surface area contributed by atoms with Crippen molar-refractivity contribution in [1.29, 1.82) is 0 Å². The van der Waals surface area contributed by atoms with Crippen LogP contribution < -0.4 is 4.90 Å². The van der Waals surface area contributed by atoms with Gasteiger partial charge in [-0.3, -0.25) is 0 Å². The molecule has 0 unspecified atom stereocenters. The Hall–Kier alpha value is -4.10. The van der Waals surface area contributed by atoms with E-state index in [0.717, 1.165) is 0 Å². The zero-order chi connectivity index (χ0) is 31.8. The number of nitrogens with zero attached hydrogens (tertiary/aromatic N) is 1. The standard InChI is InChI=1S/C45H47N/c1-43(2)24-25-44(3,4)41-27-32(21-23-39(41)43)36-28-37-35-18-12-13-19-38(35)45(5,6)40(37)29-42(36)46(33-16-8-7-9-17-33)34-22-20-30-14-10-11-15-31(30)26-34/h7-9,12-13,16-23,26-29H,10-11,14-15,24-25H2,1-6H3. The first-order valence-electron chi connectivity index (χ1n) is 17.5. The van der Waals surface area contributed by atoms with Crippen LogP contribution in [0.5, 0.6) is 0 Å². The number of aryl methyl sites for hydroxylation is 2. The average Bonchev–Trinajstić information content (AvgIpc) is 3.29. The van der Waals surface area contributed by atoms with Crippen LogP contribution in [0.2, 0.25) is 0 Å². The van der Waals surface area contributed by atoms with Crippen LogP contribution in [-0.4, -0.2) is 0 Å². The summed E-state index contributed by atoms with van der Waals surface area (Å²) in [6, 6.07) is 39.8. The molecular formula is C45H47N. The summed E-state index contributed by atoms with van der Waals surface area (Å²) in [7, 11) is 0. The second-order valence-electron chi connectivity index (χ2n) is 15.9. The van der Waals surface area contributed by atoms with E-state index in [-0.39, 0.29) is 16.2 Å². The number of para-hydroxylation sites is 1. The zero-order valence-corrected chi connectivity index (χ0v) is 28.5. The van der Waals surface area contributed by atoms with E-state index in [4.69, 9.17) is 0 Å². The highest BCUT2D eigenvalue weighted by atomic mass is 15.1. The fourth-order valence-corrected chi connectivity index (χ4v) is 8.77. The van der Waals surface area contributed by atoms with Crippen molar-refractivity contribution in [3.63, 3.8) is 0 Å². The Morgan fingerprint density at radius 3 is 1.96 bits per heavy atom. The Morgan fingerprint density at radius 2 is 1.17 bits per heavy atom. The molecule has 1 nitrogen and oxygen atoms in total. The van der Waals surface area contributed by atoms with E-state index >= 15 is 0 Å². The molecule has 5 aromatic rings. The molecule has 1 heteroatoms. The Kier molecular flexibility index (Phi) is 6.67. The summed E-state index contributed by atoms with van der Waals surface area (Å²) in [5.41, 5.74) is 18.2. The Labute approximate surface area is 276 Å². The summed E-state index contributed by atoms with van der Waals surface area (Å²) in [6.45, 7) is 14.5. The first-order valence-corrected chi connectivity index (χ1v) is 17.5. The summed E-state index contributed by atoms with van der Waals surface area (Å²) in [6.07, 6.45) is 7.37. The van der Waals surface area contributed by atoms with Gasteiger partial charge in [-0.2, -0.15) is 0 Å². The fourth-order valence-electron chi connectivity index (χ4n) is 8.77. The molecule has 0 radical (unpaired) electrons. The molecule has 0 aromatic heterocycles. The van der Waals surface area contributed by atoms with E-state index in [1.807, 2.05) is 0 Å². The summed E-state index contributed by atoms with van der Waals surface area (Å²) < 4.78 is 0. The lowest BCUT2D eigenvalue weighted by Crippen LogP contribution is -2.33. The summed E-state index contributed by atoms with van der Waals surface area (Å²) in [4.78, 5) is 2.54. The molecule has 0 amide bonds. The molecule has 232 valence electrons. The summed E-state index contributed by atoms with van der Waals surface area (Å²) >= 11 is 0. The summed E-state index contributed by atoms with van der Waals surface area (Å²) in [5, 5.41) is 0.